The third-order valence-corrected chi connectivity index (χ3v) is 6.14. The van der Waals surface area contributed by atoms with Crippen LogP contribution in [0.15, 0.2) is 17.5 Å². The number of hydrogen-bond acceptors (Lipinski definition) is 8. The molecule has 0 N–H and O–H groups in total. The first-order valence-electron chi connectivity index (χ1n) is 9.86. The fourth-order valence-corrected chi connectivity index (χ4v) is 4.46. The zero-order valence-electron chi connectivity index (χ0n) is 16.0. The van der Waals surface area contributed by atoms with E-state index in [2.05, 4.69) is 42.2 Å². The number of rotatable bonds is 5. The molecule has 0 spiro atoms. The molecule has 7 nitrogen and oxygen atoms in total. The summed E-state index contributed by atoms with van der Waals surface area (Å²) in [7, 11) is 1.63. The maximum atomic E-state index is 5.38. The number of ether oxygens (including phenoxy) is 1. The summed E-state index contributed by atoms with van der Waals surface area (Å²) in [6, 6.07) is 4.75. The van der Waals surface area contributed by atoms with Crippen LogP contribution in [0, 0.1) is 0 Å². The number of anilines is 2. The first-order valence-corrected chi connectivity index (χ1v) is 10.7. The van der Waals surface area contributed by atoms with Crippen molar-refractivity contribution in [3.63, 3.8) is 0 Å². The second kappa shape index (κ2) is 8.84. The van der Waals surface area contributed by atoms with Gasteiger partial charge in [0.25, 0.3) is 0 Å². The fourth-order valence-electron chi connectivity index (χ4n) is 3.71. The second-order valence-corrected chi connectivity index (χ2v) is 8.20. The van der Waals surface area contributed by atoms with Gasteiger partial charge in [-0.1, -0.05) is 18.9 Å². The maximum absolute atomic E-state index is 5.38. The molecule has 0 amide bonds. The lowest BCUT2D eigenvalue weighted by Crippen LogP contribution is -2.46. The minimum atomic E-state index is 0.417. The molecule has 0 aromatic carbocycles. The molecule has 0 saturated carbocycles. The highest BCUT2D eigenvalue weighted by Crippen LogP contribution is 2.22. The number of aromatic nitrogens is 3. The van der Waals surface area contributed by atoms with Gasteiger partial charge in [-0.05, 0) is 24.3 Å². The van der Waals surface area contributed by atoms with Crippen molar-refractivity contribution < 1.29 is 4.74 Å². The molecule has 2 aromatic rings. The zero-order chi connectivity index (χ0) is 18.5. The molecule has 0 atom stereocenters. The molecule has 0 unspecified atom stereocenters. The maximum Gasteiger partial charge on any atom is 0.322 e. The first kappa shape index (κ1) is 18.4. The van der Waals surface area contributed by atoms with E-state index in [1.807, 2.05) is 11.3 Å². The Morgan fingerprint density at radius 2 is 1.56 bits per heavy atom. The molecule has 2 aliphatic heterocycles. The van der Waals surface area contributed by atoms with Gasteiger partial charge < -0.3 is 14.5 Å². The van der Waals surface area contributed by atoms with E-state index in [4.69, 9.17) is 9.72 Å². The highest BCUT2D eigenvalue weighted by Gasteiger charge is 2.22. The van der Waals surface area contributed by atoms with Gasteiger partial charge in [-0.2, -0.15) is 15.0 Å². The smallest absolute Gasteiger partial charge is 0.322 e. The Hall–Kier alpha value is -1.93. The molecular weight excluding hydrogens is 360 g/mol. The summed E-state index contributed by atoms with van der Waals surface area (Å²) in [5.74, 6) is 1.51. The summed E-state index contributed by atoms with van der Waals surface area (Å²) in [6.45, 7) is 6.96. The van der Waals surface area contributed by atoms with Crippen molar-refractivity contribution in [2.45, 2.75) is 32.2 Å². The molecule has 4 heterocycles. The Kier molecular flexibility index (Phi) is 6.03. The summed E-state index contributed by atoms with van der Waals surface area (Å²) >= 11 is 1.83. The SMILES string of the molecule is COc1nc(N2CCCCCC2)nc(N2CCN(Cc3cccs3)CC2)n1. The van der Waals surface area contributed by atoms with Crippen molar-refractivity contribution in [3.05, 3.63) is 22.4 Å². The third-order valence-electron chi connectivity index (χ3n) is 5.28. The van der Waals surface area contributed by atoms with Crippen LogP contribution in [0.25, 0.3) is 0 Å². The van der Waals surface area contributed by atoms with Crippen LogP contribution in [0.2, 0.25) is 0 Å². The van der Waals surface area contributed by atoms with Crippen molar-refractivity contribution >= 4 is 23.2 Å². The second-order valence-electron chi connectivity index (χ2n) is 7.17. The fraction of sp³-hybridized carbons (Fsp3) is 0.632. The molecule has 8 heteroatoms. The van der Waals surface area contributed by atoms with E-state index in [1.165, 1.54) is 30.6 Å². The molecular formula is C19H28N6OS. The van der Waals surface area contributed by atoms with Crippen LogP contribution in [0.4, 0.5) is 11.9 Å². The highest BCUT2D eigenvalue weighted by atomic mass is 32.1. The standard InChI is InChI=1S/C19H28N6OS/c1-26-19-21-17(24-8-4-2-3-5-9-24)20-18(22-19)25-12-10-23(11-13-25)15-16-7-6-14-27-16/h6-7,14H,2-5,8-13,15H2,1H3. The normalized spacial score (nSPS) is 19.1. The average molecular weight is 389 g/mol. The molecule has 0 bridgehead atoms. The summed E-state index contributed by atoms with van der Waals surface area (Å²) in [6.07, 6.45) is 4.98. The Labute approximate surface area is 165 Å². The number of piperazine rings is 1. The predicted octanol–water partition coefficient (Wildman–Crippen LogP) is 2.64. The molecule has 27 heavy (non-hydrogen) atoms. The number of nitrogens with zero attached hydrogens (tertiary/aromatic N) is 6. The topological polar surface area (TPSA) is 57.6 Å². The lowest BCUT2D eigenvalue weighted by Gasteiger charge is -2.34. The lowest BCUT2D eigenvalue weighted by molar-refractivity contribution is 0.250. The number of methoxy groups -OCH3 is 1. The van der Waals surface area contributed by atoms with E-state index in [-0.39, 0.29) is 0 Å². The van der Waals surface area contributed by atoms with Crippen molar-refractivity contribution in [1.82, 2.24) is 19.9 Å². The first-order chi connectivity index (χ1) is 13.3. The van der Waals surface area contributed by atoms with Gasteiger partial charge in [0.2, 0.25) is 11.9 Å². The van der Waals surface area contributed by atoms with Gasteiger partial charge in [0.15, 0.2) is 0 Å². The molecule has 2 fully saturated rings. The largest absolute Gasteiger partial charge is 0.467 e. The Balaban J connectivity index is 1.44. The average Bonchev–Trinajstić information content (AvgIpc) is 3.07. The van der Waals surface area contributed by atoms with Gasteiger partial charge in [-0.3, -0.25) is 4.90 Å². The van der Waals surface area contributed by atoms with Gasteiger partial charge in [-0.15, -0.1) is 11.3 Å². The van der Waals surface area contributed by atoms with E-state index in [1.54, 1.807) is 7.11 Å². The Morgan fingerprint density at radius 1 is 0.889 bits per heavy atom. The monoisotopic (exact) mass is 388 g/mol. The zero-order valence-corrected chi connectivity index (χ0v) is 16.8. The van der Waals surface area contributed by atoms with Crippen LogP contribution in [-0.2, 0) is 6.54 Å². The Morgan fingerprint density at radius 3 is 2.15 bits per heavy atom. The highest BCUT2D eigenvalue weighted by molar-refractivity contribution is 7.09. The summed E-state index contributed by atoms with van der Waals surface area (Å²) < 4.78 is 5.38. The molecule has 2 aliphatic rings. The predicted molar refractivity (Wildman–Crippen MR) is 109 cm³/mol. The molecule has 146 valence electrons. The quantitative estimate of drug-likeness (QED) is 0.780. The van der Waals surface area contributed by atoms with Crippen LogP contribution >= 0.6 is 11.3 Å². The minimum Gasteiger partial charge on any atom is -0.467 e. The van der Waals surface area contributed by atoms with Gasteiger partial charge in [0.05, 0.1) is 7.11 Å². The molecule has 2 saturated heterocycles. The van der Waals surface area contributed by atoms with E-state index in [0.717, 1.165) is 57.7 Å². The van der Waals surface area contributed by atoms with Crippen LogP contribution in [0.5, 0.6) is 6.01 Å². The third kappa shape index (κ3) is 4.68. The van der Waals surface area contributed by atoms with E-state index in [0.29, 0.717) is 6.01 Å². The van der Waals surface area contributed by atoms with Gasteiger partial charge in [0, 0.05) is 50.7 Å². The van der Waals surface area contributed by atoms with Crippen molar-refractivity contribution in [2.24, 2.45) is 0 Å². The molecule has 0 aliphatic carbocycles. The Bertz CT molecular complexity index is 709. The number of hydrogen-bond donors (Lipinski definition) is 0. The van der Waals surface area contributed by atoms with Gasteiger partial charge in [-0.25, -0.2) is 0 Å². The summed E-state index contributed by atoms with van der Waals surface area (Å²) in [4.78, 5) is 22.3. The van der Waals surface area contributed by atoms with E-state index >= 15 is 0 Å². The van der Waals surface area contributed by atoms with Crippen LogP contribution < -0.4 is 14.5 Å². The molecule has 0 radical (unpaired) electrons. The summed E-state index contributed by atoms with van der Waals surface area (Å²) in [5.41, 5.74) is 0. The van der Waals surface area contributed by atoms with Gasteiger partial charge >= 0.3 is 6.01 Å². The van der Waals surface area contributed by atoms with Crippen LogP contribution in [0.1, 0.15) is 30.6 Å². The van der Waals surface area contributed by atoms with Crippen LogP contribution in [-0.4, -0.2) is 66.2 Å². The van der Waals surface area contributed by atoms with Crippen molar-refractivity contribution in [1.29, 1.82) is 0 Å². The lowest BCUT2D eigenvalue weighted by atomic mass is 10.2. The van der Waals surface area contributed by atoms with Crippen LogP contribution in [0.3, 0.4) is 0 Å². The van der Waals surface area contributed by atoms with Gasteiger partial charge in [0.1, 0.15) is 0 Å². The number of thiophene rings is 1. The van der Waals surface area contributed by atoms with E-state index < -0.39 is 0 Å². The molecule has 4 rings (SSSR count). The van der Waals surface area contributed by atoms with Crippen molar-refractivity contribution in [3.8, 4) is 6.01 Å². The summed E-state index contributed by atoms with van der Waals surface area (Å²) in [5, 5.41) is 2.15. The van der Waals surface area contributed by atoms with Crippen molar-refractivity contribution in [2.75, 3.05) is 56.2 Å². The molecule has 2 aromatic heterocycles. The minimum absolute atomic E-state index is 0.417. The van der Waals surface area contributed by atoms with E-state index in [9.17, 15) is 0 Å².